The number of hydrogen-bond donors (Lipinski definition) is 1. The van der Waals surface area contributed by atoms with Gasteiger partial charge in [-0.3, -0.25) is 14.5 Å². The van der Waals surface area contributed by atoms with Crippen molar-refractivity contribution in [3.63, 3.8) is 0 Å². The summed E-state index contributed by atoms with van der Waals surface area (Å²) in [4.78, 5) is 25.0. The molecule has 4 nitrogen and oxygen atoms in total. The Morgan fingerprint density at radius 3 is 2.90 bits per heavy atom. The summed E-state index contributed by atoms with van der Waals surface area (Å²) in [5, 5.41) is 3.03. The zero-order valence-electron chi connectivity index (χ0n) is 11.2. The Morgan fingerprint density at radius 1 is 1.45 bits per heavy atom. The van der Waals surface area contributed by atoms with Gasteiger partial charge in [0, 0.05) is 17.6 Å². The van der Waals surface area contributed by atoms with Gasteiger partial charge in [0.05, 0.1) is 12.5 Å². The first-order valence-electron chi connectivity index (χ1n) is 6.54. The summed E-state index contributed by atoms with van der Waals surface area (Å²) in [6, 6.07) is 3.88. The largest absolute Gasteiger partial charge is 0.301 e. The van der Waals surface area contributed by atoms with Crippen LogP contribution in [-0.2, 0) is 16.1 Å². The monoisotopic (exact) mass is 342 g/mol. The first-order chi connectivity index (χ1) is 9.52. The second kappa shape index (κ2) is 6.45. The highest BCUT2D eigenvalue weighted by molar-refractivity contribution is 9.10. The van der Waals surface area contributed by atoms with Crippen LogP contribution in [0.4, 0.5) is 4.39 Å². The third kappa shape index (κ3) is 3.24. The summed E-state index contributed by atoms with van der Waals surface area (Å²) < 4.78 is 13.9. The van der Waals surface area contributed by atoms with E-state index in [2.05, 4.69) is 21.2 Å². The number of nitrogens with one attached hydrogen (secondary N) is 1. The van der Waals surface area contributed by atoms with Crippen LogP contribution in [0.15, 0.2) is 22.7 Å². The van der Waals surface area contributed by atoms with Crippen LogP contribution < -0.4 is 5.32 Å². The van der Waals surface area contributed by atoms with Crippen LogP contribution in [0.2, 0.25) is 0 Å². The van der Waals surface area contributed by atoms with Crippen molar-refractivity contribution in [1.29, 1.82) is 0 Å². The van der Waals surface area contributed by atoms with Crippen LogP contribution in [0.3, 0.4) is 0 Å². The number of nitrogens with zero attached hydrogens (tertiary/aromatic N) is 1. The molecule has 1 N–H and O–H groups in total. The van der Waals surface area contributed by atoms with Gasteiger partial charge in [-0.25, -0.2) is 4.39 Å². The van der Waals surface area contributed by atoms with Gasteiger partial charge >= 0.3 is 0 Å². The molecule has 1 aromatic rings. The molecule has 1 aromatic carbocycles. The molecule has 0 radical (unpaired) electrons. The zero-order chi connectivity index (χ0) is 14.7. The summed E-state index contributed by atoms with van der Waals surface area (Å²) in [5.74, 6) is -0.663. The van der Waals surface area contributed by atoms with Crippen LogP contribution in [-0.4, -0.2) is 29.3 Å². The van der Waals surface area contributed by atoms with Crippen molar-refractivity contribution in [3.05, 3.63) is 34.1 Å². The lowest BCUT2D eigenvalue weighted by Crippen LogP contribution is -2.38. The van der Waals surface area contributed by atoms with Gasteiger partial charge in [0.1, 0.15) is 5.82 Å². The summed E-state index contributed by atoms with van der Waals surface area (Å²) in [6.07, 6.45) is 0.922. The first-order valence-corrected chi connectivity index (χ1v) is 7.33. The normalized spacial score (nSPS) is 18.9. The molecular formula is C14H16BrFN2O2. The SMILES string of the molecule is CCCN1C(=O)CC(NCc2cc(F)ccc2Br)C1=O. The Labute approximate surface area is 125 Å². The number of likely N-dealkylation sites (tertiary alicyclic amines) is 1. The summed E-state index contributed by atoms with van der Waals surface area (Å²) >= 11 is 3.33. The van der Waals surface area contributed by atoms with Gasteiger partial charge in [-0.05, 0) is 30.2 Å². The van der Waals surface area contributed by atoms with E-state index in [0.717, 1.165) is 16.5 Å². The molecular weight excluding hydrogens is 327 g/mol. The first kappa shape index (κ1) is 15.1. The van der Waals surface area contributed by atoms with E-state index in [1.807, 2.05) is 6.92 Å². The van der Waals surface area contributed by atoms with Crippen LogP contribution in [0, 0.1) is 5.82 Å². The Morgan fingerprint density at radius 2 is 2.20 bits per heavy atom. The number of carbonyl (C=O) groups excluding carboxylic acids is 2. The van der Waals surface area contributed by atoms with E-state index in [0.29, 0.717) is 13.1 Å². The fourth-order valence-electron chi connectivity index (χ4n) is 2.21. The molecule has 1 atom stereocenters. The molecule has 1 aliphatic heterocycles. The van der Waals surface area contributed by atoms with Crippen LogP contribution >= 0.6 is 15.9 Å². The van der Waals surface area contributed by atoms with E-state index in [9.17, 15) is 14.0 Å². The minimum Gasteiger partial charge on any atom is -0.301 e. The highest BCUT2D eigenvalue weighted by Gasteiger charge is 2.37. The highest BCUT2D eigenvalue weighted by Crippen LogP contribution is 2.19. The van der Waals surface area contributed by atoms with Crippen molar-refractivity contribution in [2.24, 2.45) is 0 Å². The van der Waals surface area contributed by atoms with Gasteiger partial charge in [-0.15, -0.1) is 0 Å². The Balaban J connectivity index is 1.99. The molecule has 0 aliphatic carbocycles. The lowest BCUT2D eigenvalue weighted by molar-refractivity contribution is -0.138. The number of amides is 2. The molecule has 1 fully saturated rings. The van der Waals surface area contributed by atoms with Crippen molar-refractivity contribution >= 4 is 27.7 Å². The lowest BCUT2D eigenvalue weighted by atomic mass is 10.2. The number of hydrogen-bond acceptors (Lipinski definition) is 3. The van der Waals surface area contributed by atoms with E-state index >= 15 is 0 Å². The molecule has 1 aliphatic rings. The maximum atomic E-state index is 13.2. The second-order valence-corrected chi connectivity index (χ2v) is 5.61. The van der Waals surface area contributed by atoms with Gasteiger partial charge in [0.2, 0.25) is 11.8 Å². The van der Waals surface area contributed by atoms with Crippen LogP contribution in [0.25, 0.3) is 0 Å². The van der Waals surface area contributed by atoms with Crippen LogP contribution in [0.5, 0.6) is 0 Å². The maximum absolute atomic E-state index is 13.2. The smallest absolute Gasteiger partial charge is 0.246 e. The highest BCUT2D eigenvalue weighted by atomic mass is 79.9. The summed E-state index contributed by atoms with van der Waals surface area (Å²) in [7, 11) is 0. The summed E-state index contributed by atoms with van der Waals surface area (Å²) in [5.41, 5.74) is 0.721. The fraction of sp³-hybridized carbons (Fsp3) is 0.429. The average molecular weight is 343 g/mol. The molecule has 2 amide bonds. The van der Waals surface area contributed by atoms with Gasteiger partial charge in [0.25, 0.3) is 0 Å². The van der Waals surface area contributed by atoms with E-state index in [1.54, 1.807) is 6.07 Å². The van der Waals surface area contributed by atoms with Crippen molar-refractivity contribution in [2.45, 2.75) is 32.4 Å². The fourth-order valence-corrected chi connectivity index (χ4v) is 2.60. The van der Waals surface area contributed by atoms with Crippen LogP contribution in [0.1, 0.15) is 25.3 Å². The van der Waals surface area contributed by atoms with Gasteiger partial charge in [-0.2, -0.15) is 0 Å². The van der Waals surface area contributed by atoms with Crippen molar-refractivity contribution in [2.75, 3.05) is 6.54 Å². The maximum Gasteiger partial charge on any atom is 0.246 e. The third-order valence-corrected chi connectivity index (χ3v) is 4.01. The number of rotatable bonds is 5. The molecule has 108 valence electrons. The minimum absolute atomic E-state index is 0.146. The molecule has 2 rings (SSSR count). The lowest BCUT2D eigenvalue weighted by Gasteiger charge is -2.14. The number of carbonyl (C=O) groups is 2. The number of halogens is 2. The van der Waals surface area contributed by atoms with Gasteiger partial charge in [0.15, 0.2) is 0 Å². The quantitative estimate of drug-likeness (QED) is 0.834. The summed E-state index contributed by atoms with van der Waals surface area (Å²) in [6.45, 7) is 2.71. The average Bonchev–Trinajstić information content (AvgIpc) is 2.68. The Bertz CT molecular complexity index is 536. The Kier molecular flexibility index (Phi) is 4.88. The van der Waals surface area contributed by atoms with Gasteiger partial charge < -0.3 is 5.32 Å². The third-order valence-electron chi connectivity index (χ3n) is 3.24. The number of benzene rings is 1. The Hall–Kier alpha value is -1.27. The minimum atomic E-state index is -0.510. The molecule has 6 heteroatoms. The molecule has 1 heterocycles. The van der Waals surface area contributed by atoms with E-state index < -0.39 is 6.04 Å². The molecule has 0 bridgehead atoms. The zero-order valence-corrected chi connectivity index (χ0v) is 12.7. The van der Waals surface area contributed by atoms with E-state index in [-0.39, 0.29) is 24.1 Å². The van der Waals surface area contributed by atoms with E-state index in [1.165, 1.54) is 17.0 Å². The molecule has 1 unspecified atom stereocenters. The predicted octanol–water partition coefficient (Wildman–Crippen LogP) is 2.22. The molecule has 1 saturated heterocycles. The molecule has 0 aromatic heterocycles. The standard InChI is InChI=1S/C14H16BrFN2O2/c1-2-5-18-13(19)7-12(14(18)20)17-8-9-6-10(16)3-4-11(9)15/h3-4,6,12,17H,2,5,7-8H2,1H3. The molecule has 0 spiro atoms. The second-order valence-electron chi connectivity index (χ2n) is 4.76. The molecule has 20 heavy (non-hydrogen) atoms. The predicted molar refractivity (Wildman–Crippen MR) is 76.4 cm³/mol. The van der Waals surface area contributed by atoms with Gasteiger partial charge in [-0.1, -0.05) is 22.9 Å². The molecule has 0 saturated carbocycles. The number of imide groups is 1. The topological polar surface area (TPSA) is 49.4 Å². The van der Waals surface area contributed by atoms with Crippen molar-refractivity contribution in [3.8, 4) is 0 Å². The van der Waals surface area contributed by atoms with Crippen molar-refractivity contribution in [1.82, 2.24) is 10.2 Å². The van der Waals surface area contributed by atoms with Crippen molar-refractivity contribution < 1.29 is 14.0 Å². The van der Waals surface area contributed by atoms with E-state index in [4.69, 9.17) is 0 Å².